The Morgan fingerprint density at radius 2 is 2.03 bits per heavy atom. The van der Waals surface area contributed by atoms with Gasteiger partial charge in [0.15, 0.2) is 0 Å². The van der Waals surface area contributed by atoms with Crippen LogP contribution in [0.1, 0.15) is 41.5 Å². The molecule has 3 nitrogen and oxygen atoms in total. The van der Waals surface area contributed by atoms with E-state index in [1.807, 2.05) is 0 Å². The number of rotatable bonds is 2. The maximum absolute atomic E-state index is 6.40. The maximum atomic E-state index is 6.40. The van der Waals surface area contributed by atoms with Crippen LogP contribution >= 0.6 is 0 Å². The number of hydrogen-bond acceptors (Lipinski definition) is 3. The number of benzene rings is 2. The third kappa shape index (κ3) is 2.05. The van der Waals surface area contributed by atoms with Crippen LogP contribution in [0, 0.1) is 0 Å². The molecule has 0 N–H and O–H groups in total. The van der Waals surface area contributed by atoms with Crippen molar-refractivity contribution >= 4 is 40.1 Å². The lowest BCUT2D eigenvalue weighted by Gasteiger charge is -2.33. The molecule has 2 atom stereocenters. The van der Waals surface area contributed by atoms with Crippen molar-refractivity contribution in [3.05, 3.63) is 88.0 Å². The number of aliphatic imine (C=N–C) groups is 2. The summed E-state index contributed by atoms with van der Waals surface area (Å²) in [6, 6.07) is 8.93. The topological polar surface area (TPSA) is 37.9 Å². The zero-order chi connectivity index (χ0) is 19.8. The minimum Gasteiger partial charge on any atom is -0.456 e. The lowest BCUT2D eigenvalue weighted by molar-refractivity contribution is 0.667. The molecule has 3 aliphatic carbocycles. The van der Waals surface area contributed by atoms with E-state index in [1.54, 1.807) is 6.34 Å². The molecule has 2 aromatic carbocycles. The molecule has 7 rings (SSSR count). The summed E-state index contributed by atoms with van der Waals surface area (Å²) in [5.74, 6) is 0.364. The highest BCUT2D eigenvalue weighted by molar-refractivity contribution is 6.15. The van der Waals surface area contributed by atoms with Gasteiger partial charge in [-0.25, -0.2) is 4.99 Å². The van der Waals surface area contributed by atoms with Crippen molar-refractivity contribution in [3.8, 4) is 0 Å². The molecule has 2 heterocycles. The van der Waals surface area contributed by atoms with Crippen molar-refractivity contribution in [2.24, 2.45) is 9.98 Å². The van der Waals surface area contributed by atoms with Crippen LogP contribution in [0.5, 0.6) is 0 Å². The van der Waals surface area contributed by atoms with Crippen LogP contribution in [0.25, 0.3) is 28.0 Å². The Balaban J connectivity index is 1.47. The van der Waals surface area contributed by atoms with E-state index in [1.165, 1.54) is 38.6 Å². The smallest absolute Gasteiger partial charge is 0.136 e. The number of allylic oxidation sites excluding steroid dienone is 7. The third-order valence-electron chi connectivity index (χ3n) is 6.90. The van der Waals surface area contributed by atoms with Gasteiger partial charge in [0.25, 0.3) is 0 Å². The summed E-state index contributed by atoms with van der Waals surface area (Å²) in [7, 11) is 0. The van der Waals surface area contributed by atoms with Gasteiger partial charge >= 0.3 is 0 Å². The van der Waals surface area contributed by atoms with Crippen molar-refractivity contribution in [2.75, 3.05) is 0 Å². The van der Waals surface area contributed by atoms with Crippen molar-refractivity contribution in [1.29, 1.82) is 0 Å². The summed E-state index contributed by atoms with van der Waals surface area (Å²) in [5.41, 5.74) is 11.0. The van der Waals surface area contributed by atoms with Gasteiger partial charge in [-0.15, -0.1) is 0 Å². The molecule has 0 saturated heterocycles. The van der Waals surface area contributed by atoms with Crippen LogP contribution in [-0.2, 0) is 6.42 Å². The Labute approximate surface area is 174 Å². The molecule has 30 heavy (non-hydrogen) atoms. The molecule has 0 spiro atoms. The summed E-state index contributed by atoms with van der Waals surface area (Å²) in [6.45, 7) is 2.15. The minimum atomic E-state index is 0.150. The van der Waals surface area contributed by atoms with Crippen LogP contribution in [0.3, 0.4) is 0 Å². The molecular weight excluding hydrogens is 368 g/mol. The molecule has 4 aliphatic rings. The molecule has 1 aromatic heterocycles. The largest absolute Gasteiger partial charge is 0.456 e. The van der Waals surface area contributed by atoms with E-state index in [0.717, 1.165) is 35.3 Å². The van der Waals surface area contributed by atoms with E-state index < -0.39 is 0 Å². The average molecular weight is 388 g/mol. The van der Waals surface area contributed by atoms with Gasteiger partial charge in [-0.1, -0.05) is 49.4 Å². The molecule has 0 radical (unpaired) electrons. The van der Waals surface area contributed by atoms with Crippen molar-refractivity contribution in [3.63, 3.8) is 0 Å². The number of furan rings is 1. The first-order chi connectivity index (χ1) is 14.8. The summed E-state index contributed by atoms with van der Waals surface area (Å²) in [4.78, 5) is 8.99. The minimum absolute atomic E-state index is 0.150. The van der Waals surface area contributed by atoms with Crippen LogP contribution in [0.15, 0.2) is 80.2 Å². The molecule has 3 heteroatoms. The molecule has 0 bridgehead atoms. The normalized spacial score (nSPS) is 23.0. The molecule has 2 unspecified atom stereocenters. The first-order valence-corrected chi connectivity index (χ1v) is 10.7. The van der Waals surface area contributed by atoms with Gasteiger partial charge in [-0.2, -0.15) is 0 Å². The fourth-order valence-corrected chi connectivity index (χ4v) is 5.51. The van der Waals surface area contributed by atoms with Crippen molar-refractivity contribution in [1.82, 2.24) is 0 Å². The summed E-state index contributed by atoms with van der Waals surface area (Å²) >= 11 is 0. The van der Waals surface area contributed by atoms with Crippen molar-refractivity contribution in [2.45, 2.75) is 31.7 Å². The van der Waals surface area contributed by atoms with Gasteiger partial charge in [0, 0.05) is 22.3 Å². The van der Waals surface area contributed by atoms with Crippen molar-refractivity contribution < 1.29 is 4.42 Å². The predicted octanol–water partition coefficient (Wildman–Crippen LogP) is 6.28. The van der Waals surface area contributed by atoms with E-state index in [2.05, 4.69) is 77.6 Å². The maximum Gasteiger partial charge on any atom is 0.136 e. The summed E-state index contributed by atoms with van der Waals surface area (Å²) in [5, 5.41) is 2.41. The first kappa shape index (κ1) is 16.3. The van der Waals surface area contributed by atoms with E-state index >= 15 is 0 Å². The van der Waals surface area contributed by atoms with Gasteiger partial charge in [0.05, 0.1) is 11.8 Å². The van der Waals surface area contributed by atoms with Crippen LogP contribution < -0.4 is 0 Å². The molecule has 0 amide bonds. The Hall–Kier alpha value is -3.46. The second-order valence-electron chi connectivity index (χ2n) is 8.45. The SMILES string of the molecule is CCC1N=CN=C1c1ccc2c(c1)oc1cc3c4c(c12)C=CC1=CC=CC(=CC3)C14. The summed E-state index contributed by atoms with van der Waals surface area (Å²) < 4.78 is 6.40. The Morgan fingerprint density at radius 3 is 2.97 bits per heavy atom. The Morgan fingerprint density at radius 1 is 1.07 bits per heavy atom. The lowest BCUT2D eigenvalue weighted by atomic mass is 9.70. The number of fused-ring (bicyclic) bond motifs is 4. The summed E-state index contributed by atoms with van der Waals surface area (Å²) in [6.07, 6.45) is 17.2. The van der Waals surface area contributed by atoms with E-state index in [9.17, 15) is 0 Å². The van der Waals surface area contributed by atoms with Gasteiger partial charge < -0.3 is 4.42 Å². The predicted molar refractivity (Wildman–Crippen MR) is 124 cm³/mol. The van der Waals surface area contributed by atoms with Gasteiger partial charge in [0.1, 0.15) is 17.5 Å². The molecule has 3 aromatic rings. The zero-order valence-electron chi connectivity index (χ0n) is 16.7. The zero-order valence-corrected chi connectivity index (χ0v) is 16.7. The molecular formula is C27H20N2O. The van der Waals surface area contributed by atoms with Crippen LogP contribution in [-0.4, -0.2) is 18.1 Å². The van der Waals surface area contributed by atoms with E-state index in [4.69, 9.17) is 4.42 Å². The molecule has 1 aliphatic heterocycles. The average Bonchev–Trinajstić information content (AvgIpc) is 3.40. The van der Waals surface area contributed by atoms with Crippen LogP contribution in [0.4, 0.5) is 0 Å². The fraction of sp³-hybridized carbons (Fsp3) is 0.185. The van der Waals surface area contributed by atoms with E-state index in [0.29, 0.717) is 5.92 Å². The highest BCUT2D eigenvalue weighted by Gasteiger charge is 2.32. The molecule has 144 valence electrons. The first-order valence-electron chi connectivity index (χ1n) is 10.7. The quantitative estimate of drug-likeness (QED) is 0.509. The van der Waals surface area contributed by atoms with Crippen LogP contribution in [0.2, 0.25) is 0 Å². The van der Waals surface area contributed by atoms with E-state index in [-0.39, 0.29) is 6.04 Å². The second kappa shape index (κ2) is 5.79. The lowest BCUT2D eigenvalue weighted by Crippen LogP contribution is -2.17. The fourth-order valence-electron chi connectivity index (χ4n) is 5.51. The van der Waals surface area contributed by atoms with Gasteiger partial charge in [-0.3, -0.25) is 4.99 Å². The monoisotopic (exact) mass is 388 g/mol. The Bertz CT molecular complexity index is 1460. The van der Waals surface area contributed by atoms with Gasteiger partial charge in [-0.05, 0) is 58.9 Å². The highest BCUT2D eigenvalue weighted by atomic mass is 16.3. The highest BCUT2D eigenvalue weighted by Crippen LogP contribution is 2.49. The molecule has 0 fully saturated rings. The third-order valence-corrected chi connectivity index (χ3v) is 6.90. The number of nitrogens with zero attached hydrogens (tertiary/aromatic N) is 2. The molecule has 0 saturated carbocycles. The Kier molecular flexibility index (Phi) is 3.16. The standard InChI is InChI=1S/C27H20N2O/c1-2-21-27(29-14-28-21)18-9-10-19-22(13-18)30-23-12-17-7-6-15-4-3-5-16-8-11-20(26(19)23)25(17)24(15)16/h3-6,8-14,21,24H,2,7H2,1H3. The second-order valence-corrected chi connectivity index (χ2v) is 8.45. The number of hydrogen-bond donors (Lipinski definition) is 0. The van der Waals surface area contributed by atoms with Gasteiger partial charge in [0.2, 0.25) is 0 Å².